The maximum Gasteiger partial charge on any atom is 0.303 e. The van der Waals surface area contributed by atoms with Gasteiger partial charge in [0.15, 0.2) is 18.1 Å². The lowest BCUT2D eigenvalue weighted by Crippen LogP contribution is -2.70. The summed E-state index contributed by atoms with van der Waals surface area (Å²) in [4.78, 5) is 36.1. The van der Waals surface area contributed by atoms with Crippen LogP contribution >= 0.6 is 0 Å². The van der Waals surface area contributed by atoms with Gasteiger partial charge in [-0.05, 0) is 56.6 Å². The minimum absolute atomic E-state index is 0.0761. The van der Waals surface area contributed by atoms with Gasteiger partial charge < -0.3 is 14.9 Å². The van der Waals surface area contributed by atoms with Crippen molar-refractivity contribution >= 4 is 17.5 Å². The highest BCUT2D eigenvalue weighted by Crippen LogP contribution is 2.70. The minimum Gasteiger partial charge on any atom is -0.458 e. The highest BCUT2D eigenvalue weighted by Gasteiger charge is 2.74. The van der Waals surface area contributed by atoms with Crippen LogP contribution < -0.4 is 0 Å². The van der Waals surface area contributed by atoms with E-state index in [4.69, 9.17) is 4.74 Å². The molecule has 4 aliphatic carbocycles. The van der Waals surface area contributed by atoms with Crippen LogP contribution in [-0.4, -0.2) is 51.7 Å². The van der Waals surface area contributed by atoms with Gasteiger partial charge in [0.1, 0.15) is 5.60 Å². The summed E-state index contributed by atoms with van der Waals surface area (Å²) in [6.45, 7) is 6.10. The Bertz CT molecular complexity index is 910. The number of alkyl halides is 1. The zero-order chi connectivity index (χ0) is 23.0. The summed E-state index contributed by atoms with van der Waals surface area (Å²) in [6.07, 6.45) is 3.93. The fourth-order valence-electron chi connectivity index (χ4n) is 7.35. The van der Waals surface area contributed by atoms with Crippen molar-refractivity contribution in [3.05, 3.63) is 23.8 Å². The molecule has 170 valence electrons. The van der Waals surface area contributed by atoms with Gasteiger partial charge in [-0.25, -0.2) is 4.39 Å². The molecule has 4 rings (SSSR count). The number of ketones is 2. The van der Waals surface area contributed by atoms with Gasteiger partial charge in [0, 0.05) is 23.7 Å². The molecule has 3 fully saturated rings. The van der Waals surface area contributed by atoms with Gasteiger partial charge in [0.2, 0.25) is 5.78 Å². The molecule has 31 heavy (non-hydrogen) atoms. The topological polar surface area (TPSA) is 101 Å². The van der Waals surface area contributed by atoms with Crippen molar-refractivity contribution in [2.45, 2.75) is 70.8 Å². The van der Waals surface area contributed by atoms with E-state index in [9.17, 15) is 24.6 Å². The first-order chi connectivity index (χ1) is 14.3. The average molecular weight is 435 g/mol. The number of halogens is 1. The standard InChI is InChI=1S/C24H31FO6/c1-13-9-18-16-6-8-23(30,20(29)12-31-14(2)26)22(16,4)11-19(28)24(18,25)21(3)7-5-15(27)10-17(13)21/h5,7,10,13,16,18-19,28,30H,6,8-9,11-12H2,1-4H3/t13-,16-,18-,19-,21-,22-,23-,24-/m0/s1. The summed E-state index contributed by atoms with van der Waals surface area (Å²) in [5.41, 5.74) is -5.30. The van der Waals surface area contributed by atoms with Crippen LogP contribution in [0.4, 0.5) is 4.39 Å². The minimum atomic E-state index is -2.02. The predicted molar refractivity (Wildman–Crippen MR) is 109 cm³/mol. The highest BCUT2D eigenvalue weighted by molar-refractivity contribution is 6.01. The monoisotopic (exact) mass is 434 g/mol. The number of Topliss-reactive ketones (excluding diaryl/α,β-unsaturated/α-hetero) is 1. The summed E-state index contributed by atoms with van der Waals surface area (Å²) in [7, 11) is 0. The Morgan fingerprint density at radius 3 is 2.61 bits per heavy atom. The number of esters is 1. The number of carbonyl (C=O) groups is 3. The zero-order valence-corrected chi connectivity index (χ0v) is 18.5. The molecule has 0 aromatic heterocycles. The lowest BCUT2D eigenvalue weighted by atomic mass is 9.43. The normalized spacial score (nSPS) is 48.4. The van der Waals surface area contributed by atoms with Crippen molar-refractivity contribution in [2.24, 2.45) is 28.6 Å². The number of hydrogen-bond acceptors (Lipinski definition) is 6. The van der Waals surface area contributed by atoms with Crippen LogP contribution in [-0.2, 0) is 19.1 Å². The molecule has 0 aromatic carbocycles. The molecular weight excluding hydrogens is 403 g/mol. The number of carbonyl (C=O) groups excluding carboxylic acids is 3. The molecule has 0 saturated heterocycles. The zero-order valence-electron chi connectivity index (χ0n) is 18.5. The summed E-state index contributed by atoms with van der Waals surface area (Å²) < 4.78 is 21.9. The van der Waals surface area contributed by atoms with Crippen LogP contribution in [0.5, 0.6) is 0 Å². The molecule has 0 spiro atoms. The number of aliphatic hydroxyl groups excluding tert-OH is 1. The maximum absolute atomic E-state index is 17.1. The lowest BCUT2D eigenvalue weighted by Gasteiger charge is -2.63. The third-order valence-corrected chi connectivity index (χ3v) is 8.99. The molecule has 8 atom stereocenters. The van der Waals surface area contributed by atoms with Crippen molar-refractivity contribution in [3.63, 3.8) is 0 Å². The van der Waals surface area contributed by atoms with Crippen LogP contribution in [0.25, 0.3) is 0 Å². The summed E-state index contributed by atoms with van der Waals surface area (Å²) in [6, 6.07) is 0. The van der Waals surface area contributed by atoms with E-state index >= 15 is 4.39 Å². The van der Waals surface area contributed by atoms with Crippen LogP contribution in [0.3, 0.4) is 0 Å². The molecule has 0 unspecified atom stereocenters. The summed E-state index contributed by atoms with van der Waals surface area (Å²) >= 11 is 0. The van der Waals surface area contributed by atoms with E-state index in [0.717, 1.165) is 0 Å². The number of allylic oxidation sites excluding steroid dienone is 4. The molecule has 2 N–H and O–H groups in total. The highest BCUT2D eigenvalue weighted by atomic mass is 19.1. The molecule has 0 amide bonds. The fourth-order valence-corrected chi connectivity index (χ4v) is 7.35. The van der Waals surface area contributed by atoms with Gasteiger partial charge in [-0.1, -0.05) is 25.5 Å². The van der Waals surface area contributed by atoms with Gasteiger partial charge in [0.25, 0.3) is 0 Å². The van der Waals surface area contributed by atoms with E-state index in [0.29, 0.717) is 18.4 Å². The third-order valence-electron chi connectivity index (χ3n) is 8.99. The Labute approximate surface area is 181 Å². The Morgan fingerprint density at radius 2 is 1.97 bits per heavy atom. The molecule has 4 aliphatic rings. The van der Waals surface area contributed by atoms with E-state index < -0.39 is 52.5 Å². The average Bonchev–Trinajstić information content (AvgIpc) is 2.96. The lowest BCUT2D eigenvalue weighted by molar-refractivity contribution is -0.221. The smallest absolute Gasteiger partial charge is 0.303 e. The van der Waals surface area contributed by atoms with Gasteiger partial charge in [-0.3, -0.25) is 14.4 Å². The molecule has 7 heteroatoms. The number of ether oxygens (including phenoxy) is 1. The first kappa shape index (κ1) is 22.3. The molecule has 0 heterocycles. The first-order valence-corrected chi connectivity index (χ1v) is 11.0. The number of rotatable bonds is 3. The third kappa shape index (κ3) is 2.72. The Balaban J connectivity index is 1.75. The second-order valence-corrected chi connectivity index (χ2v) is 10.4. The maximum atomic E-state index is 17.1. The Hall–Kier alpha value is -1.86. The van der Waals surface area contributed by atoms with E-state index in [-0.39, 0.29) is 30.5 Å². The number of fused-ring (bicyclic) bond motifs is 5. The van der Waals surface area contributed by atoms with E-state index in [1.165, 1.54) is 19.1 Å². The summed E-state index contributed by atoms with van der Waals surface area (Å²) in [5, 5.41) is 22.7. The van der Waals surface area contributed by atoms with Crippen molar-refractivity contribution in [1.82, 2.24) is 0 Å². The van der Waals surface area contributed by atoms with Gasteiger partial charge in [-0.15, -0.1) is 0 Å². The number of hydrogen-bond donors (Lipinski definition) is 2. The largest absolute Gasteiger partial charge is 0.458 e. The second-order valence-electron chi connectivity index (χ2n) is 10.4. The van der Waals surface area contributed by atoms with Crippen molar-refractivity contribution in [2.75, 3.05) is 6.61 Å². The molecule has 0 aliphatic heterocycles. The van der Waals surface area contributed by atoms with Crippen molar-refractivity contribution in [1.29, 1.82) is 0 Å². The molecular formula is C24H31FO6. The molecule has 3 saturated carbocycles. The Kier molecular flexibility index (Phi) is 4.91. The van der Waals surface area contributed by atoms with Gasteiger partial charge >= 0.3 is 5.97 Å². The molecule has 0 radical (unpaired) electrons. The van der Waals surface area contributed by atoms with Crippen molar-refractivity contribution < 1.29 is 33.7 Å². The molecule has 0 bridgehead atoms. The van der Waals surface area contributed by atoms with E-state index in [1.54, 1.807) is 19.9 Å². The van der Waals surface area contributed by atoms with Gasteiger partial charge in [0.05, 0.1) is 6.10 Å². The van der Waals surface area contributed by atoms with Crippen molar-refractivity contribution in [3.8, 4) is 0 Å². The van der Waals surface area contributed by atoms with Crippen LogP contribution in [0, 0.1) is 28.6 Å². The SMILES string of the molecule is CC(=O)OCC(=O)[C@@]1(O)CC[C@H]2[C@@H]3C[C@H](C)C4=CC(=O)C=C[C@]4(C)[C@@]3(F)[C@@H](O)C[C@@]21C. The summed E-state index contributed by atoms with van der Waals surface area (Å²) in [5.74, 6) is -2.40. The Morgan fingerprint density at radius 1 is 1.29 bits per heavy atom. The molecule has 6 nitrogen and oxygen atoms in total. The number of aliphatic hydroxyl groups is 2. The quantitative estimate of drug-likeness (QED) is 0.662. The van der Waals surface area contributed by atoms with E-state index in [2.05, 4.69) is 0 Å². The second kappa shape index (κ2) is 6.82. The first-order valence-electron chi connectivity index (χ1n) is 11.0. The predicted octanol–water partition coefficient (Wildman–Crippen LogP) is 2.47. The van der Waals surface area contributed by atoms with E-state index in [1.807, 2.05) is 6.92 Å². The van der Waals surface area contributed by atoms with Gasteiger partial charge in [-0.2, -0.15) is 0 Å². The van der Waals surface area contributed by atoms with Crippen LogP contribution in [0.2, 0.25) is 0 Å². The van der Waals surface area contributed by atoms with Crippen LogP contribution in [0.1, 0.15) is 53.4 Å². The fraction of sp³-hybridized carbons (Fsp3) is 0.708. The van der Waals surface area contributed by atoms with Crippen LogP contribution in [0.15, 0.2) is 23.8 Å². The molecule has 0 aromatic rings.